The van der Waals surface area contributed by atoms with E-state index in [0.717, 1.165) is 0 Å². The van der Waals surface area contributed by atoms with Gasteiger partial charge in [-0.3, -0.25) is 4.57 Å². The quantitative estimate of drug-likeness (QED) is 0.356. The maximum absolute atomic E-state index is 13.3. The molecule has 30 heavy (non-hydrogen) atoms. The fourth-order valence-electron chi connectivity index (χ4n) is 3.58. The van der Waals surface area contributed by atoms with Crippen LogP contribution in [-0.4, -0.2) is 91.5 Å². The Kier molecular flexibility index (Phi) is 9.80. The molecule has 2 aliphatic rings. The van der Waals surface area contributed by atoms with Crippen molar-refractivity contribution in [1.29, 1.82) is 0 Å². The average Bonchev–Trinajstić information content (AvgIpc) is 3.09. The highest BCUT2D eigenvalue weighted by atomic mass is 31.2. The van der Waals surface area contributed by atoms with Crippen LogP contribution in [0.15, 0.2) is 0 Å². The minimum Gasteiger partial charge on any atom is -0.388 e. The van der Waals surface area contributed by atoms with Crippen molar-refractivity contribution < 1.29 is 42.8 Å². The summed E-state index contributed by atoms with van der Waals surface area (Å²) < 4.78 is 47.7. The van der Waals surface area contributed by atoms with Gasteiger partial charge in [0.1, 0.15) is 36.6 Å². The molecule has 2 N–H and O–H groups in total. The first-order valence-electron chi connectivity index (χ1n) is 10.8. The zero-order chi connectivity index (χ0) is 22.6. The van der Waals surface area contributed by atoms with Crippen molar-refractivity contribution in [2.45, 2.75) is 109 Å². The Bertz CT molecular complexity index is 578. The van der Waals surface area contributed by atoms with Crippen LogP contribution in [0.3, 0.4) is 0 Å². The lowest BCUT2D eigenvalue weighted by atomic mass is 10.1. The van der Waals surface area contributed by atoms with Crippen LogP contribution in [0.4, 0.5) is 0 Å². The number of ether oxygens (including phenoxy) is 4. The van der Waals surface area contributed by atoms with Gasteiger partial charge in [0.05, 0.1) is 37.6 Å². The van der Waals surface area contributed by atoms with E-state index in [-0.39, 0.29) is 32.4 Å². The first kappa shape index (κ1) is 26.2. The number of hydrogen-bond donors (Lipinski definition) is 2. The van der Waals surface area contributed by atoms with Gasteiger partial charge >= 0.3 is 0 Å². The monoisotopic (exact) mass is 452 g/mol. The molecule has 0 radical (unpaired) electrons. The largest absolute Gasteiger partial charge is 0.388 e. The second-order valence-corrected chi connectivity index (χ2v) is 10.9. The van der Waals surface area contributed by atoms with Gasteiger partial charge in [-0.15, -0.1) is 0 Å². The summed E-state index contributed by atoms with van der Waals surface area (Å²) in [6.45, 7) is 13.0. The summed E-state index contributed by atoms with van der Waals surface area (Å²) in [5.41, 5.74) is 0. The Hall–Kier alpha value is -0.0251. The Labute approximate surface area is 180 Å². The standard InChI is InChI=1S/C19H38BO9P/c1-10(2)24-8-14-19(17(22)13(6)27-14)29-30(23,20-7)25-9-15-18(26-11(3)4)16(21)12(5)28-15/h10-22H,8-9H2,1-7H3/t12-,13-,14+,15+,16+,17+,18?,19?,30?/m0/s1. The van der Waals surface area contributed by atoms with Crippen LogP contribution in [0.1, 0.15) is 41.5 Å². The van der Waals surface area contributed by atoms with Crippen LogP contribution in [-0.2, 0) is 32.6 Å². The molecule has 2 rings (SSSR count). The molecule has 0 bridgehead atoms. The van der Waals surface area contributed by atoms with Gasteiger partial charge in [-0.1, -0.05) is 6.82 Å². The molecule has 0 aromatic carbocycles. The average molecular weight is 452 g/mol. The molecular formula is C19H38BO9P. The van der Waals surface area contributed by atoms with E-state index in [1.54, 1.807) is 20.7 Å². The van der Waals surface area contributed by atoms with E-state index >= 15 is 0 Å². The topological polar surface area (TPSA) is 113 Å². The van der Waals surface area contributed by atoms with E-state index in [1.165, 1.54) is 0 Å². The summed E-state index contributed by atoms with van der Waals surface area (Å²) in [6.07, 6.45) is -5.31. The molecule has 0 aromatic rings. The van der Waals surface area contributed by atoms with Crippen LogP contribution < -0.4 is 0 Å². The molecule has 0 amide bonds. The van der Waals surface area contributed by atoms with E-state index in [1.807, 2.05) is 27.7 Å². The van der Waals surface area contributed by atoms with Gasteiger partial charge in [0, 0.05) is 0 Å². The van der Waals surface area contributed by atoms with Gasteiger partial charge in [-0.05, 0) is 41.5 Å². The first-order chi connectivity index (χ1) is 14.0. The third kappa shape index (κ3) is 6.74. The van der Waals surface area contributed by atoms with Crippen molar-refractivity contribution >= 4 is 14.5 Å². The normalized spacial score (nSPS) is 39.0. The third-order valence-corrected chi connectivity index (χ3v) is 7.16. The van der Waals surface area contributed by atoms with Gasteiger partial charge in [-0.2, -0.15) is 0 Å². The summed E-state index contributed by atoms with van der Waals surface area (Å²) >= 11 is 0. The summed E-state index contributed by atoms with van der Waals surface area (Å²) in [6, 6.07) is 0. The Morgan fingerprint density at radius 1 is 0.933 bits per heavy atom. The molecule has 2 heterocycles. The highest BCUT2D eigenvalue weighted by molar-refractivity contribution is 7.83. The molecule has 9 atom stereocenters. The van der Waals surface area contributed by atoms with Crippen LogP contribution in [0.5, 0.6) is 0 Å². The number of hydrogen-bond acceptors (Lipinski definition) is 9. The van der Waals surface area contributed by atoms with Gasteiger partial charge in [0.15, 0.2) is 0 Å². The molecule has 2 aliphatic heterocycles. The smallest absolute Gasteiger partial charge is 0.275 e. The predicted molar refractivity (Wildman–Crippen MR) is 113 cm³/mol. The highest BCUT2D eigenvalue weighted by Gasteiger charge is 2.47. The van der Waals surface area contributed by atoms with Crippen molar-refractivity contribution in [3.63, 3.8) is 0 Å². The summed E-state index contributed by atoms with van der Waals surface area (Å²) in [4.78, 5) is 0. The Balaban J connectivity index is 2.03. The van der Waals surface area contributed by atoms with E-state index in [9.17, 15) is 14.8 Å². The maximum atomic E-state index is 13.3. The molecule has 0 aromatic heterocycles. The van der Waals surface area contributed by atoms with E-state index in [4.69, 9.17) is 28.0 Å². The molecule has 0 saturated carbocycles. The van der Waals surface area contributed by atoms with E-state index < -0.39 is 56.3 Å². The summed E-state index contributed by atoms with van der Waals surface area (Å²) in [7, 11) is -3.56. The number of aliphatic hydroxyl groups is 2. The fraction of sp³-hybridized carbons (Fsp3) is 1.00. The SMILES string of the molecule is CBP(=O)(OC[C@H]1O[C@@H](C)[C@@H](O)C1OC(C)C)OC1[C@@H](COC(C)C)O[C@@H](C)[C@H]1O. The van der Waals surface area contributed by atoms with Crippen LogP contribution >= 0.6 is 7.47 Å². The molecule has 2 saturated heterocycles. The second kappa shape index (κ2) is 11.2. The van der Waals surface area contributed by atoms with Crippen LogP contribution in [0.2, 0.25) is 6.82 Å². The zero-order valence-corrected chi connectivity index (χ0v) is 20.0. The lowest BCUT2D eigenvalue weighted by Crippen LogP contribution is -2.39. The highest BCUT2D eigenvalue weighted by Crippen LogP contribution is 2.50. The molecule has 3 unspecified atom stereocenters. The van der Waals surface area contributed by atoms with Crippen molar-refractivity contribution in [1.82, 2.24) is 0 Å². The first-order valence-corrected chi connectivity index (χ1v) is 12.6. The van der Waals surface area contributed by atoms with Gasteiger partial charge in [-0.25, -0.2) is 0 Å². The molecular weight excluding hydrogens is 414 g/mol. The van der Waals surface area contributed by atoms with Crippen molar-refractivity contribution in [2.75, 3.05) is 13.2 Å². The van der Waals surface area contributed by atoms with E-state index in [2.05, 4.69) is 0 Å². The molecule has 0 spiro atoms. The minimum absolute atomic E-state index is 0.0117. The third-order valence-electron chi connectivity index (χ3n) is 5.28. The summed E-state index contributed by atoms with van der Waals surface area (Å²) in [5, 5.41) is 20.8. The number of aliphatic hydroxyl groups excluding tert-OH is 2. The van der Waals surface area contributed by atoms with Gasteiger partial charge in [0.2, 0.25) is 0 Å². The molecule has 0 aliphatic carbocycles. The molecule has 9 nitrogen and oxygen atoms in total. The number of rotatable bonds is 11. The Morgan fingerprint density at radius 2 is 1.47 bits per heavy atom. The fourth-order valence-corrected chi connectivity index (χ4v) is 4.98. The van der Waals surface area contributed by atoms with Gasteiger partial charge in [0.25, 0.3) is 14.5 Å². The van der Waals surface area contributed by atoms with Crippen molar-refractivity contribution in [3.8, 4) is 0 Å². The van der Waals surface area contributed by atoms with Crippen LogP contribution in [0.25, 0.3) is 0 Å². The summed E-state index contributed by atoms with van der Waals surface area (Å²) in [5.74, 6) is 0. The van der Waals surface area contributed by atoms with E-state index in [0.29, 0.717) is 0 Å². The van der Waals surface area contributed by atoms with Crippen molar-refractivity contribution in [3.05, 3.63) is 0 Å². The molecule has 11 heteroatoms. The Morgan fingerprint density at radius 3 is 1.97 bits per heavy atom. The van der Waals surface area contributed by atoms with Gasteiger partial charge < -0.3 is 38.2 Å². The minimum atomic E-state index is -3.56. The predicted octanol–water partition coefficient (Wildman–Crippen LogP) is 1.50. The van der Waals surface area contributed by atoms with Crippen LogP contribution in [0, 0.1) is 0 Å². The van der Waals surface area contributed by atoms with Crippen molar-refractivity contribution in [2.24, 2.45) is 0 Å². The molecule has 176 valence electrons. The lowest BCUT2D eigenvalue weighted by molar-refractivity contribution is -0.0776. The maximum Gasteiger partial charge on any atom is 0.275 e. The second-order valence-electron chi connectivity index (χ2n) is 8.56. The zero-order valence-electron chi connectivity index (χ0n) is 19.1. The lowest BCUT2D eigenvalue weighted by Gasteiger charge is -2.28. The molecule has 2 fully saturated rings.